The third kappa shape index (κ3) is 3.52. The van der Waals surface area contributed by atoms with Gasteiger partial charge in [0.15, 0.2) is 0 Å². The van der Waals surface area contributed by atoms with E-state index in [1.807, 2.05) is 89.6 Å². The van der Waals surface area contributed by atoms with Crippen LogP contribution in [0.25, 0.3) is 5.69 Å². The van der Waals surface area contributed by atoms with Crippen molar-refractivity contribution in [3.8, 4) is 5.69 Å². The zero-order valence-corrected chi connectivity index (χ0v) is 13.5. The van der Waals surface area contributed by atoms with Gasteiger partial charge >= 0.3 is 0 Å². The summed E-state index contributed by atoms with van der Waals surface area (Å²) in [6.07, 6.45) is 1.92. The molecule has 1 amide bonds. The summed E-state index contributed by atoms with van der Waals surface area (Å²) in [6.45, 7) is 0.530. The molecule has 0 saturated heterocycles. The third-order valence-corrected chi connectivity index (χ3v) is 3.90. The standard InChI is InChI=1S/C19H20N4O/c1-22(18(19(20)24)15-8-4-2-5-9-15)14-16-12-13-23(21-16)17-10-6-3-7-11-17/h2-13,18H,14H2,1H3,(H2,20,24)/t18-/m1/s1. The van der Waals surface area contributed by atoms with E-state index < -0.39 is 6.04 Å². The molecule has 1 atom stereocenters. The van der Waals surface area contributed by atoms with Gasteiger partial charge in [-0.05, 0) is 30.8 Å². The number of carbonyl (C=O) groups excluding carboxylic acids is 1. The highest BCUT2D eigenvalue weighted by molar-refractivity contribution is 5.81. The van der Waals surface area contributed by atoms with Gasteiger partial charge < -0.3 is 5.73 Å². The molecular weight excluding hydrogens is 300 g/mol. The number of hydrogen-bond acceptors (Lipinski definition) is 3. The number of likely N-dealkylation sites (N-methyl/N-ethyl adjacent to an activating group) is 1. The summed E-state index contributed by atoms with van der Waals surface area (Å²) in [5.74, 6) is -0.369. The first-order valence-electron chi connectivity index (χ1n) is 7.79. The molecule has 3 aromatic rings. The van der Waals surface area contributed by atoms with Crippen molar-refractivity contribution >= 4 is 5.91 Å². The Bertz CT molecular complexity index is 799. The van der Waals surface area contributed by atoms with Gasteiger partial charge in [-0.1, -0.05) is 48.5 Å². The van der Waals surface area contributed by atoms with E-state index in [-0.39, 0.29) is 5.91 Å². The molecule has 2 N–H and O–H groups in total. The molecule has 0 fully saturated rings. The van der Waals surface area contributed by atoms with Crippen molar-refractivity contribution in [3.63, 3.8) is 0 Å². The Labute approximate surface area is 141 Å². The normalized spacial score (nSPS) is 12.2. The van der Waals surface area contributed by atoms with Gasteiger partial charge in [-0.2, -0.15) is 5.10 Å². The first-order valence-corrected chi connectivity index (χ1v) is 7.79. The van der Waals surface area contributed by atoms with Gasteiger partial charge in [-0.25, -0.2) is 4.68 Å². The van der Waals surface area contributed by atoms with Gasteiger partial charge in [0, 0.05) is 12.7 Å². The van der Waals surface area contributed by atoms with Gasteiger partial charge in [-0.3, -0.25) is 9.69 Å². The van der Waals surface area contributed by atoms with Crippen molar-refractivity contribution in [2.45, 2.75) is 12.6 Å². The number of aromatic nitrogens is 2. The Kier molecular flexibility index (Phi) is 4.72. The molecule has 5 heteroatoms. The molecule has 1 heterocycles. The van der Waals surface area contributed by atoms with Crippen LogP contribution in [-0.2, 0) is 11.3 Å². The first kappa shape index (κ1) is 16.0. The lowest BCUT2D eigenvalue weighted by Gasteiger charge is -2.25. The number of primary amides is 1. The molecule has 0 aliphatic rings. The first-order chi connectivity index (χ1) is 11.6. The zero-order valence-electron chi connectivity index (χ0n) is 13.5. The molecule has 0 radical (unpaired) electrons. The summed E-state index contributed by atoms with van der Waals surface area (Å²) in [7, 11) is 1.88. The molecule has 122 valence electrons. The topological polar surface area (TPSA) is 64.2 Å². The molecule has 0 bridgehead atoms. The molecule has 0 unspecified atom stereocenters. The van der Waals surface area contributed by atoms with E-state index in [9.17, 15) is 4.79 Å². The predicted molar refractivity (Wildman–Crippen MR) is 93.4 cm³/mol. The Morgan fingerprint density at radius 1 is 1.08 bits per heavy atom. The lowest BCUT2D eigenvalue weighted by atomic mass is 10.1. The molecular formula is C19H20N4O. The summed E-state index contributed by atoms with van der Waals surface area (Å²) in [5.41, 5.74) is 8.38. The van der Waals surface area contributed by atoms with Crippen molar-refractivity contribution < 1.29 is 4.79 Å². The molecule has 5 nitrogen and oxygen atoms in total. The Hall–Kier alpha value is -2.92. The van der Waals surface area contributed by atoms with Gasteiger partial charge in [0.25, 0.3) is 0 Å². The SMILES string of the molecule is CN(Cc1ccn(-c2ccccc2)n1)[C@@H](C(N)=O)c1ccccc1. The van der Waals surface area contributed by atoms with Crippen molar-refractivity contribution in [1.82, 2.24) is 14.7 Å². The highest BCUT2D eigenvalue weighted by atomic mass is 16.1. The Balaban J connectivity index is 1.77. The van der Waals surface area contributed by atoms with Crippen LogP contribution < -0.4 is 5.73 Å². The van der Waals surface area contributed by atoms with Crippen LogP contribution in [-0.4, -0.2) is 27.6 Å². The number of hydrogen-bond donors (Lipinski definition) is 1. The zero-order chi connectivity index (χ0) is 16.9. The summed E-state index contributed by atoms with van der Waals surface area (Å²) < 4.78 is 1.82. The number of para-hydroxylation sites is 1. The minimum atomic E-state index is -0.479. The minimum absolute atomic E-state index is 0.369. The smallest absolute Gasteiger partial charge is 0.239 e. The maximum atomic E-state index is 11.9. The minimum Gasteiger partial charge on any atom is -0.368 e. The van der Waals surface area contributed by atoms with Crippen molar-refractivity contribution in [2.24, 2.45) is 5.73 Å². The van der Waals surface area contributed by atoms with E-state index in [0.29, 0.717) is 6.54 Å². The van der Waals surface area contributed by atoms with Gasteiger partial charge in [0.05, 0.1) is 11.4 Å². The second-order valence-corrected chi connectivity index (χ2v) is 5.72. The molecule has 2 aromatic carbocycles. The van der Waals surface area contributed by atoms with Crippen LogP contribution in [0, 0.1) is 0 Å². The van der Waals surface area contributed by atoms with Crippen molar-refractivity contribution in [3.05, 3.63) is 84.2 Å². The maximum Gasteiger partial charge on any atom is 0.239 e. The Morgan fingerprint density at radius 3 is 2.33 bits per heavy atom. The van der Waals surface area contributed by atoms with Gasteiger partial charge in [0.2, 0.25) is 5.91 Å². The number of benzene rings is 2. The summed E-state index contributed by atoms with van der Waals surface area (Å²) in [6, 6.07) is 20.9. The average Bonchev–Trinajstić information content (AvgIpc) is 3.05. The average molecular weight is 320 g/mol. The fraction of sp³-hybridized carbons (Fsp3) is 0.158. The van der Waals surface area contributed by atoms with Crippen LogP contribution >= 0.6 is 0 Å². The molecule has 0 saturated carbocycles. The molecule has 0 aliphatic carbocycles. The summed E-state index contributed by atoms with van der Waals surface area (Å²) in [4.78, 5) is 13.8. The van der Waals surface area contributed by atoms with Gasteiger partial charge in [0.1, 0.15) is 6.04 Å². The second-order valence-electron chi connectivity index (χ2n) is 5.72. The lowest BCUT2D eigenvalue weighted by Crippen LogP contribution is -2.35. The van der Waals surface area contributed by atoms with E-state index in [1.165, 1.54) is 0 Å². The fourth-order valence-corrected chi connectivity index (χ4v) is 2.79. The molecule has 0 aliphatic heterocycles. The van der Waals surface area contributed by atoms with E-state index in [2.05, 4.69) is 5.10 Å². The largest absolute Gasteiger partial charge is 0.368 e. The number of amides is 1. The third-order valence-electron chi connectivity index (χ3n) is 3.90. The van der Waals surface area contributed by atoms with Crippen LogP contribution in [0.5, 0.6) is 0 Å². The summed E-state index contributed by atoms with van der Waals surface area (Å²) >= 11 is 0. The highest BCUT2D eigenvalue weighted by Gasteiger charge is 2.23. The maximum absolute atomic E-state index is 11.9. The molecule has 3 rings (SSSR count). The van der Waals surface area contributed by atoms with E-state index in [1.54, 1.807) is 0 Å². The number of nitrogens with zero attached hydrogens (tertiary/aromatic N) is 3. The van der Waals surface area contributed by atoms with Gasteiger partial charge in [-0.15, -0.1) is 0 Å². The highest BCUT2D eigenvalue weighted by Crippen LogP contribution is 2.20. The fourth-order valence-electron chi connectivity index (χ4n) is 2.79. The Morgan fingerprint density at radius 2 is 1.71 bits per heavy atom. The van der Waals surface area contributed by atoms with E-state index >= 15 is 0 Å². The van der Waals surface area contributed by atoms with E-state index in [4.69, 9.17) is 5.73 Å². The number of rotatable bonds is 6. The van der Waals surface area contributed by atoms with E-state index in [0.717, 1.165) is 16.9 Å². The molecule has 0 spiro atoms. The molecule has 1 aromatic heterocycles. The summed E-state index contributed by atoms with van der Waals surface area (Å²) in [5, 5.41) is 4.58. The number of carbonyl (C=O) groups is 1. The monoisotopic (exact) mass is 320 g/mol. The van der Waals surface area contributed by atoms with Crippen LogP contribution in [0.4, 0.5) is 0 Å². The predicted octanol–water partition coefficient (Wildman–Crippen LogP) is 2.53. The van der Waals surface area contributed by atoms with Crippen molar-refractivity contribution in [1.29, 1.82) is 0 Å². The van der Waals surface area contributed by atoms with Crippen LogP contribution in [0.15, 0.2) is 72.9 Å². The van der Waals surface area contributed by atoms with Crippen molar-refractivity contribution in [2.75, 3.05) is 7.05 Å². The number of nitrogens with two attached hydrogens (primary N) is 1. The quantitative estimate of drug-likeness (QED) is 0.759. The molecule has 24 heavy (non-hydrogen) atoms. The lowest BCUT2D eigenvalue weighted by molar-refractivity contribution is -0.123. The van der Waals surface area contributed by atoms with Crippen LogP contribution in [0.3, 0.4) is 0 Å². The van der Waals surface area contributed by atoms with Crippen LogP contribution in [0.2, 0.25) is 0 Å². The van der Waals surface area contributed by atoms with Crippen LogP contribution in [0.1, 0.15) is 17.3 Å². The second kappa shape index (κ2) is 7.10.